The van der Waals surface area contributed by atoms with Crippen LogP contribution in [0, 0.1) is 5.41 Å². The Hall–Kier alpha value is -0.820. The summed E-state index contributed by atoms with van der Waals surface area (Å²) in [6.07, 6.45) is 0.952. The first-order valence-corrected chi connectivity index (χ1v) is 7.48. The van der Waals surface area contributed by atoms with Gasteiger partial charge in [-0.25, -0.2) is 4.79 Å². The SMILES string of the molecule is CC(C)(C)OC(=O)N1CC(S(=O)(=O)O)C2(CC2)C1. The van der Waals surface area contributed by atoms with E-state index in [1.807, 2.05) is 0 Å². The van der Waals surface area contributed by atoms with Crippen LogP contribution in [0.3, 0.4) is 0 Å². The van der Waals surface area contributed by atoms with Crippen LogP contribution in [0.5, 0.6) is 0 Å². The molecule has 1 spiro atoms. The van der Waals surface area contributed by atoms with E-state index in [0.717, 1.165) is 12.8 Å². The molecular weight excluding hydrogens is 258 g/mol. The summed E-state index contributed by atoms with van der Waals surface area (Å²) in [6, 6.07) is 0. The summed E-state index contributed by atoms with van der Waals surface area (Å²) in [5, 5.41) is -0.863. The molecule has 1 saturated carbocycles. The van der Waals surface area contributed by atoms with E-state index in [1.165, 1.54) is 4.90 Å². The topological polar surface area (TPSA) is 83.9 Å². The van der Waals surface area contributed by atoms with Crippen LogP contribution in [0.2, 0.25) is 0 Å². The summed E-state index contributed by atoms with van der Waals surface area (Å²) in [6.45, 7) is 5.65. The van der Waals surface area contributed by atoms with Crippen LogP contribution in [0.15, 0.2) is 0 Å². The molecule has 7 heteroatoms. The van der Waals surface area contributed by atoms with Gasteiger partial charge in [0.25, 0.3) is 10.1 Å². The van der Waals surface area contributed by atoms with Crippen molar-refractivity contribution < 1.29 is 22.5 Å². The molecule has 1 heterocycles. The summed E-state index contributed by atoms with van der Waals surface area (Å²) >= 11 is 0. The Morgan fingerprint density at radius 3 is 2.28 bits per heavy atom. The minimum Gasteiger partial charge on any atom is -0.444 e. The largest absolute Gasteiger partial charge is 0.444 e. The highest BCUT2D eigenvalue weighted by molar-refractivity contribution is 7.86. The average molecular weight is 277 g/mol. The fourth-order valence-electron chi connectivity index (χ4n) is 2.46. The molecule has 1 N–H and O–H groups in total. The third-order valence-corrected chi connectivity index (χ3v) is 4.85. The second-order valence-corrected chi connectivity index (χ2v) is 7.83. The van der Waals surface area contributed by atoms with Gasteiger partial charge in [0.2, 0.25) is 0 Å². The zero-order valence-corrected chi connectivity index (χ0v) is 11.7. The summed E-state index contributed by atoms with van der Waals surface area (Å²) in [4.78, 5) is 13.3. The Kier molecular flexibility index (Phi) is 2.90. The Labute approximate surface area is 107 Å². The van der Waals surface area contributed by atoms with Crippen LogP contribution < -0.4 is 0 Å². The molecule has 1 amide bonds. The lowest BCUT2D eigenvalue weighted by Crippen LogP contribution is -2.36. The quantitative estimate of drug-likeness (QED) is 0.730. The van der Waals surface area contributed by atoms with Crippen LogP contribution in [-0.4, -0.2) is 47.9 Å². The van der Waals surface area contributed by atoms with Crippen molar-refractivity contribution in [2.75, 3.05) is 13.1 Å². The molecule has 1 aliphatic heterocycles. The monoisotopic (exact) mass is 277 g/mol. The summed E-state index contributed by atoms with van der Waals surface area (Å²) < 4.78 is 37.1. The molecule has 2 rings (SSSR count). The van der Waals surface area contributed by atoms with Gasteiger partial charge in [-0.3, -0.25) is 4.55 Å². The Morgan fingerprint density at radius 2 is 1.94 bits per heavy atom. The van der Waals surface area contributed by atoms with E-state index in [9.17, 15) is 17.8 Å². The Balaban J connectivity index is 2.09. The van der Waals surface area contributed by atoms with Crippen molar-refractivity contribution in [1.29, 1.82) is 0 Å². The van der Waals surface area contributed by atoms with E-state index in [4.69, 9.17) is 4.74 Å². The smallest absolute Gasteiger partial charge is 0.410 e. The number of amides is 1. The van der Waals surface area contributed by atoms with E-state index in [1.54, 1.807) is 20.8 Å². The highest BCUT2D eigenvalue weighted by Crippen LogP contribution is 2.55. The van der Waals surface area contributed by atoms with Gasteiger partial charge in [-0.15, -0.1) is 0 Å². The fraction of sp³-hybridized carbons (Fsp3) is 0.909. The second kappa shape index (κ2) is 3.84. The average Bonchev–Trinajstić information content (AvgIpc) is 2.72. The molecule has 104 valence electrons. The van der Waals surface area contributed by atoms with Gasteiger partial charge < -0.3 is 9.64 Å². The number of rotatable bonds is 1. The van der Waals surface area contributed by atoms with Crippen LogP contribution in [0.1, 0.15) is 33.6 Å². The molecule has 0 radical (unpaired) electrons. The van der Waals surface area contributed by atoms with E-state index < -0.39 is 32.5 Å². The Morgan fingerprint density at radius 1 is 1.39 bits per heavy atom. The Bertz CT molecular complexity index is 460. The van der Waals surface area contributed by atoms with Crippen molar-refractivity contribution in [3.05, 3.63) is 0 Å². The lowest BCUT2D eigenvalue weighted by atomic mass is 10.1. The van der Waals surface area contributed by atoms with Gasteiger partial charge in [0.15, 0.2) is 0 Å². The van der Waals surface area contributed by atoms with E-state index in [0.29, 0.717) is 6.54 Å². The van der Waals surface area contributed by atoms with Gasteiger partial charge in [-0.1, -0.05) is 0 Å². The molecule has 6 nitrogen and oxygen atoms in total. The molecule has 0 aromatic rings. The normalized spacial score (nSPS) is 26.4. The minimum absolute atomic E-state index is 0.0216. The number of nitrogens with zero attached hydrogens (tertiary/aromatic N) is 1. The van der Waals surface area contributed by atoms with Crippen molar-refractivity contribution >= 4 is 16.2 Å². The molecule has 1 saturated heterocycles. The minimum atomic E-state index is -4.11. The van der Waals surface area contributed by atoms with Crippen molar-refractivity contribution in [2.24, 2.45) is 5.41 Å². The number of hydrogen-bond acceptors (Lipinski definition) is 4. The summed E-state index contributed by atoms with van der Waals surface area (Å²) in [5.74, 6) is 0. The van der Waals surface area contributed by atoms with Crippen molar-refractivity contribution in [3.63, 3.8) is 0 Å². The van der Waals surface area contributed by atoms with Crippen molar-refractivity contribution in [1.82, 2.24) is 4.90 Å². The van der Waals surface area contributed by atoms with Gasteiger partial charge in [-0.05, 0) is 33.6 Å². The van der Waals surface area contributed by atoms with Crippen LogP contribution in [0.25, 0.3) is 0 Å². The molecule has 1 unspecified atom stereocenters. The van der Waals surface area contributed by atoms with Crippen molar-refractivity contribution in [3.8, 4) is 0 Å². The highest BCUT2D eigenvalue weighted by atomic mass is 32.2. The highest BCUT2D eigenvalue weighted by Gasteiger charge is 2.61. The molecule has 0 aromatic heterocycles. The molecule has 1 aliphatic carbocycles. The van der Waals surface area contributed by atoms with Gasteiger partial charge in [0.05, 0.1) is 0 Å². The van der Waals surface area contributed by atoms with Crippen LogP contribution >= 0.6 is 0 Å². The second-order valence-electron chi connectivity index (χ2n) is 6.23. The molecule has 1 atom stereocenters. The maximum absolute atomic E-state index is 11.9. The van der Waals surface area contributed by atoms with E-state index >= 15 is 0 Å². The van der Waals surface area contributed by atoms with Crippen LogP contribution in [-0.2, 0) is 14.9 Å². The van der Waals surface area contributed by atoms with Crippen LogP contribution in [0.4, 0.5) is 4.79 Å². The predicted molar refractivity (Wildman–Crippen MR) is 64.8 cm³/mol. The lowest BCUT2D eigenvalue weighted by molar-refractivity contribution is 0.0286. The molecular formula is C11H19NO5S. The molecule has 2 aliphatic rings. The zero-order valence-electron chi connectivity index (χ0n) is 10.8. The number of likely N-dealkylation sites (tertiary alicyclic amines) is 1. The summed E-state index contributed by atoms with van der Waals surface area (Å²) in [5.41, 5.74) is -1.05. The van der Waals surface area contributed by atoms with E-state index in [2.05, 4.69) is 0 Å². The maximum atomic E-state index is 11.9. The third-order valence-electron chi connectivity index (χ3n) is 3.48. The molecule has 2 fully saturated rings. The molecule has 18 heavy (non-hydrogen) atoms. The molecule has 0 bridgehead atoms. The van der Waals surface area contributed by atoms with Gasteiger partial charge >= 0.3 is 6.09 Å². The summed E-state index contributed by atoms with van der Waals surface area (Å²) in [7, 11) is -4.11. The van der Waals surface area contributed by atoms with Gasteiger partial charge in [0, 0.05) is 18.5 Å². The number of ether oxygens (including phenoxy) is 1. The lowest BCUT2D eigenvalue weighted by Gasteiger charge is -2.24. The first-order valence-electron chi connectivity index (χ1n) is 5.98. The van der Waals surface area contributed by atoms with Gasteiger partial charge in [0.1, 0.15) is 10.9 Å². The first-order chi connectivity index (χ1) is 8.04. The van der Waals surface area contributed by atoms with E-state index in [-0.39, 0.29) is 6.54 Å². The number of carbonyl (C=O) groups excluding carboxylic acids is 1. The van der Waals surface area contributed by atoms with Crippen molar-refractivity contribution in [2.45, 2.75) is 44.5 Å². The van der Waals surface area contributed by atoms with Gasteiger partial charge in [-0.2, -0.15) is 8.42 Å². The maximum Gasteiger partial charge on any atom is 0.410 e. The fourth-order valence-corrected chi connectivity index (χ4v) is 3.77. The third kappa shape index (κ3) is 2.61. The molecule has 0 aromatic carbocycles. The number of hydrogen-bond donors (Lipinski definition) is 1. The predicted octanol–water partition coefficient (Wildman–Crippen LogP) is 1.27. The zero-order chi connectivity index (χ0) is 13.8. The standard InChI is InChI=1S/C11H19NO5S/c1-10(2,3)17-9(13)12-6-8(18(14,15)16)11(7-12)4-5-11/h8H,4-7H2,1-3H3,(H,14,15,16). The first kappa shape index (κ1) is 13.6. The number of carbonyl (C=O) groups is 1.